The molecule has 0 N–H and O–H groups in total. The molecule has 3 heterocycles. The van der Waals surface area contributed by atoms with Crippen LogP contribution in [0.15, 0.2) is 70.5 Å². The second-order valence-corrected chi connectivity index (χ2v) is 9.98. The van der Waals surface area contributed by atoms with Crippen LogP contribution in [0.1, 0.15) is 38.3 Å². The number of anilines is 1. The van der Waals surface area contributed by atoms with Crippen molar-refractivity contribution in [1.82, 2.24) is 18.7 Å². The zero-order valence-corrected chi connectivity index (χ0v) is 20.9. The molecule has 0 radical (unpaired) electrons. The lowest BCUT2D eigenvalue weighted by atomic mass is 10.1. The first-order chi connectivity index (χ1) is 17.3. The molecule has 1 unspecified atom stereocenters. The molecule has 0 fully saturated rings. The van der Waals surface area contributed by atoms with Crippen LogP contribution < -0.4 is 16.1 Å². The highest BCUT2D eigenvalue weighted by Crippen LogP contribution is 2.31. The molecule has 0 spiro atoms. The fourth-order valence-corrected chi connectivity index (χ4v) is 5.01. The van der Waals surface area contributed by atoms with Crippen molar-refractivity contribution in [2.75, 3.05) is 4.90 Å². The van der Waals surface area contributed by atoms with Crippen molar-refractivity contribution < 1.29 is 4.79 Å². The Morgan fingerprint density at radius 3 is 2.50 bits per heavy atom. The van der Waals surface area contributed by atoms with Gasteiger partial charge in [-0.3, -0.25) is 14.2 Å². The van der Waals surface area contributed by atoms with Crippen molar-refractivity contribution in [3.63, 3.8) is 0 Å². The quantitative estimate of drug-likeness (QED) is 0.402. The lowest BCUT2D eigenvalue weighted by Gasteiger charge is -2.23. The van der Waals surface area contributed by atoms with Gasteiger partial charge in [0.15, 0.2) is 11.2 Å². The van der Waals surface area contributed by atoms with Gasteiger partial charge in [-0.25, -0.2) is 14.3 Å². The Morgan fingerprint density at radius 1 is 1.03 bits per heavy atom. The number of hydrogen-bond acceptors (Lipinski definition) is 4. The number of para-hydroxylation sites is 1. The lowest BCUT2D eigenvalue weighted by molar-refractivity contribution is -0.119. The van der Waals surface area contributed by atoms with E-state index < -0.39 is 11.2 Å². The summed E-state index contributed by atoms with van der Waals surface area (Å²) >= 11 is 0. The van der Waals surface area contributed by atoms with Crippen molar-refractivity contribution in [2.45, 2.75) is 59.3 Å². The molecule has 8 nitrogen and oxygen atoms in total. The number of aromatic nitrogens is 4. The van der Waals surface area contributed by atoms with Gasteiger partial charge in [0, 0.05) is 18.3 Å². The molecule has 1 atom stereocenters. The summed E-state index contributed by atoms with van der Waals surface area (Å²) < 4.78 is 4.40. The normalized spacial score (nSPS) is 15.1. The van der Waals surface area contributed by atoms with Gasteiger partial charge in [0.2, 0.25) is 5.91 Å². The number of fused-ring (bicyclic) bond motifs is 2. The molecule has 0 aliphatic carbocycles. The maximum absolute atomic E-state index is 13.7. The molecule has 0 bridgehead atoms. The van der Waals surface area contributed by atoms with Crippen LogP contribution in [-0.4, -0.2) is 30.6 Å². The van der Waals surface area contributed by atoms with Crippen LogP contribution in [0, 0.1) is 5.92 Å². The van der Waals surface area contributed by atoms with Gasteiger partial charge in [-0.05, 0) is 42.9 Å². The first-order valence-corrected chi connectivity index (χ1v) is 12.5. The molecule has 5 rings (SSSR count). The van der Waals surface area contributed by atoms with Crippen LogP contribution in [0.25, 0.3) is 11.2 Å². The molecule has 1 amide bonds. The Morgan fingerprint density at radius 2 is 1.75 bits per heavy atom. The molecule has 4 aromatic rings. The second kappa shape index (κ2) is 9.60. The van der Waals surface area contributed by atoms with E-state index >= 15 is 0 Å². The van der Waals surface area contributed by atoms with Gasteiger partial charge in [-0.1, -0.05) is 62.4 Å². The smallest absolute Gasteiger partial charge is 0.325 e. The molecular formula is C28H31N5O3. The molecular weight excluding hydrogens is 454 g/mol. The predicted octanol–water partition coefficient (Wildman–Crippen LogP) is 3.43. The number of imidazole rings is 1. The summed E-state index contributed by atoms with van der Waals surface area (Å²) in [6.07, 6.45) is 3.24. The van der Waals surface area contributed by atoms with Crippen LogP contribution in [0.2, 0.25) is 0 Å². The van der Waals surface area contributed by atoms with Crippen molar-refractivity contribution in [3.8, 4) is 0 Å². The molecule has 2 aromatic carbocycles. The number of carbonyl (C=O) groups is 1. The molecule has 2 aromatic heterocycles. The zero-order chi connectivity index (χ0) is 25.4. The fraction of sp³-hybridized carbons (Fsp3) is 0.357. The predicted molar refractivity (Wildman–Crippen MR) is 140 cm³/mol. The molecule has 0 saturated heterocycles. The Balaban J connectivity index is 1.61. The highest BCUT2D eigenvalue weighted by atomic mass is 16.2. The minimum Gasteiger partial charge on any atom is -0.325 e. The van der Waals surface area contributed by atoms with Gasteiger partial charge in [0.05, 0.1) is 12.9 Å². The third-order valence-corrected chi connectivity index (χ3v) is 6.88. The van der Waals surface area contributed by atoms with E-state index in [0.717, 1.165) is 34.2 Å². The van der Waals surface area contributed by atoms with Crippen LogP contribution in [-0.2, 0) is 30.8 Å². The van der Waals surface area contributed by atoms with Gasteiger partial charge >= 0.3 is 5.69 Å². The van der Waals surface area contributed by atoms with Gasteiger partial charge < -0.3 is 9.47 Å². The summed E-state index contributed by atoms with van der Waals surface area (Å²) in [6, 6.07) is 17.3. The average molecular weight is 486 g/mol. The standard InChI is InChI=1S/C28H31N5O3/c1-19(2)13-14-30-18-29-26-25(30)27(35)32(28(36)31(26)16-21-9-5-4-6-10-21)17-24(34)33-20(3)15-22-11-7-8-12-23(22)33/h4-12,18-20H,13-17H2,1-3H3. The first kappa shape index (κ1) is 23.8. The van der Waals surface area contributed by atoms with Gasteiger partial charge in [-0.2, -0.15) is 0 Å². The largest absolute Gasteiger partial charge is 0.333 e. The average Bonchev–Trinajstić information content (AvgIpc) is 3.44. The van der Waals surface area contributed by atoms with E-state index in [-0.39, 0.29) is 25.0 Å². The van der Waals surface area contributed by atoms with Crippen LogP contribution >= 0.6 is 0 Å². The van der Waals surface area contributed by atoms with E-state index in [2.05, 4.69) is 18.8 Å². The minimum atomic E-state index is -0.529. The number of nitrogens with zero attached hydrogens (tertiary/aromatic N) is 5. The molecule has 8 heteroatoms. The Hall–Kier alpha value is -3.94. The number of amides is 1. The SMILES string of the molecule is CC(C)CCn1cnc2c1c(=O)n(CC(=O)N1c3ccccc3CC1C)c(=O)n2Cc1ccccc1. The topological polar surface area (TPSA) is 82.1 Å². The summed E-state index contributed by atoms with van der Waals surface area (Å²) in [7, 11) is 0. The second-order valence-electron chi connectivity index (χ2n) is 9.98. The Labute approximate surface area is 209 Å². The maximum Gasteiger partial charge on any atom is 0.333 e. The van der Waals surface area contributed by atoms with Crippen molar-refractivity contribution in [2.24, 2.45) is 5.92 Å². The van der Waals surface area contributed by atoms with Gasteiger partial charge in [0.25, 0.3) is 5.56 Å². The molecule has 0 saturated carbocycles. The van der Waals surface area contributed by atoms with Gasteiger partial charge in [0.1, 0.15) is 6.54 Å². The van der Waals surface area contributed by atoms with E-state index in [4.69, 9.17) is 0 Å². The van der Waals surface area contributed by atoms with E-state index in [1.807, 2.05) is 66.1 Å². The monoisotopic (exact) mass is 485 g/mol. The van der Waals surface area contributed by atoms with E-state index in [1.54, 1.807) is 11.2 Å². The minimum absolute atomic E-state index is 0.0440. The number of hydrogen-bond donors (Lipinski definition) is 0. The molecule has 36 heavy (non-hydrogen) atoms. The van der Waals surface area contributed by atoms with Crippen LogP contribution in [0.5, 0.6) is 0 Å². The maximum atomic E-state index is 13.7. The molecule has 1 aliphatic heterocycles. The van der Waals surface area contributed by atoms with E-state index in [0.29, 0.717) is 23.6 Å². The zero-order valence-electron chi connectivity index (χ0n) is 20.9. The van der Waals surface area contributed by atoms with Crippen molar-refractivity contribution in [3.05, 3.63) is 92.9 Å². The van der Waals surface area contributed by atoms with Crippen molar-refractivity contribution >= 4 is 22.8 Å². The van der Waals surface area contributed by atoms with Gasteiger partial charge in [-0.15, -0.1) is 0 Å². The number of aryl methyl sites for hydroxylation is 1. The Kier molecular flexibility index (Phi) is 6.35. The molecule has 186 valence electrons. The lowest BCUT2D eigenvalue weighted by Crippen LogP contribution is -2.46. The van der Waals surface area contributed by atoms with E-state index in [9.17, 15) is 14.4 Å². The number of carbonyl (C=O) groups excluding carboxylic acids is 1. The highest BCUT2D eigenvalue weighted by Gasteiger charge is 2.31. The van der Waals surface area contributed by atoms with E-state index in [1.165, 1.54) is 4.57 Å². The third-order valence-electron chi connectivity index (χ3n) is 6.88. The van der Waals surface area contributed by atoms with Crippen LogP contribution in [0.3, 0.4) is 0 Å². The summed E-state index contributed by atoms with van der Waals surface area (Å²) in [5.74, 6) is 0.170. The first-order valence-electron chi connectivity index (χ1n) is 12.5. The summed E-state index contributed by atoms with van der Waals surface area (Å²) in [6.45, 7) is 6.77. The fourth-order valence-electron chi connectivity index (χ4n) is 5.01. The van der Waals surface area contributed by atoms with Crippen molar-refractivity contribution in [1.29, 1.82) is 0 Å². The third kappa shape index (κ3) is 4.27. The Bertz CT molecular complexity index is 1530. The summed E-state index contributed by atoms with van der Waals surface area (Å²) in [4.78, 5) is 47.1. The number of benzene rings is 2. The summed E-state index contributed by atoms with van der Waals surface area (Å²) in [5, 5.41) is 0. The number of rotatable bonds is 7. The van der Waals surface area contributed by atoms with Crippen LogP contribution in [0.4, 0.5) is 5.69 Å². The highest BCUT2D eigenvalue weighted by molar-refractivity contribution is 5.96. The molecule has 1 aliphatic rings. The summed E-state index contributed by atoms with van der Waals surface area (Å²) in [5.41, 5.74) is 2.55.